The minimum Gasteiger partial charge on any atom is -0.330 e. The van der Waals surface area contributed by atoms with Gasteiger partial charge in [0.1, 0.15) is 0 Å². The molecule has 1 aromatic rings. The molecule has 0 fully saturated rings. The van der Waals surface area contributed by atoms with E-state index >= 15 is 0 Å². The van der Waals surface area contributed by atoms with Crippen molar-refractivity contribution in [3.63, 3.8) is 0 Å². The van der Waals surface area contributed by atoms with Crippen LogP contribution in [0.15, 0.2) is 36.4 Å². The lowest BCUT2D eigenvalue weighted by Crippen LogP contribution is -2.03. The van der Waals surface area contributed by atoms with Gasteiger partial charge in [-0.2, -0.15) is 0 Å². The molecule has 0 amide bonds. The maximum absolute atomic E-state index is 11.5. The molecule has 14 heavy (non-hydrogen) atoms. The van der Waals surface area contributed by atoms with Crippen LogP contribution in [0.4, 0.5) is 0 Å². The SMILES string of the molecule is C=C(C)C(=O)c1ccc(CCN)cc1. The first kappa shape index (κ1) is 10.7. The maximum atomic E-state index is 11.5. The molecular weight excluding hydrogens is 174 g/mol. The highest BCUT2D eigenvalue weighted by Gasteiger charge is 2.05. The number of rotatable bonds is 4. The second-order valence-electron chi connectivity index (χ2n) is 3.35. The molecule has 0 aliphatic carbocycles. The van der Waals surface area contributed by atoms with Crippen LogP contribution in [0.2, 0.25) is 0 Å². The van der Waals surface area contributed by atoms with Crippen LogP contribution in [-0.4, -0.2) is 12.3 Å². The summed E-state index contributed by atoms with van der Waals surface area (Å²) in [4.78, 5) is 11.5. The Hall–Kier alpha value is -1.41. The van der Waals surface area contributed by atoms with E-state index in [1.165, 1.54) is 0 Å². The van der Waals surface area contributed by atoms with Crippen molar-refractivity contribution in [3.05, 3.63) is 47.5 Å². The molecule has 0 saturated carbocycles. The first-order chi connectivity index (χ1) is 6.65. The molecule has 0 atom stereocenters. The van der Waals surface area contributed by atoms with Gasteiger partial charge in [-0.25, -0.2) is 0 Å². The van der Waals surface area contributed by atoms with E-state index in [0.717, 1.165) is 12.0 Å². The summed E-state index contributed by atoms with van der Waals surface area (Å²) < 4.78 is 0. The molecule has 74 valence electrons. The molecule has 0 unspecified atom stereocenters. The van der Waals surface area contributed by atoms with Crippen LogP contribution in [0.3, 0.4) is 0 Å². The van der Waals surface area contributed by atoms with Crippen LogP contribution in [-0.2, 0) is 6.42 Å². The molecule has 0 aliphatic rings. The van der Waals surface area contributed by atoms with Gasteiger partial charge in [-0.1, -0.05) is 30.8 Å². The van der Waals surface area contributed by atoms with Crippen molar-refractivity contribution in [2.45, 2.75) is 13.3 Å². The fourth-order valence-corrected chi connectivity index (χ4v) is 1.24. The van der Waals surface area contributed by atoms with E-state index in [1.54, 1.807) is 6.92 Å². The zero-order valence-corrected chi connectivity index (χ0v) is 8.42. The molecule has 2 nitrogen and oxygen atoms in total. The van der Waals surface area contributed by atoms with E-state index in [9.17, 15) is 4.79 Å². The maximum Gasteiger partial charge on any atom is 0.188 e. The van der Waals surface area contributed by atoms with Crippen LogP contribution < -0.4 is 5.73 Å². The number of carbonyl (C=O) groups is 1. The van der Waals surface area contributed by atoms with Crippen molar-refractivity contribution in [2.24, 2.45) is 5.73 Å². The molecule has 2 N–H and O–H groups in total. The van der Waals surface area contributed by atoms with Gasteiger partial charge in [-0.3, -0.25) is 4.79 Å². The summed E-state index contributed by atoms with van der Waals surface area (Å²) in [6, 6.07) is 7.51. The minimum absolute atomic E-state index is 0.00398. The Labute approximate surface area is 84.4 Å². The predicted octanol–water partition coefficient (Wildman–Crippen LogP) is 1.95. The van der Waals surface area contributed by atoms with Gasteiger partial charge < -0.3 is 5.73 Å². The fraction of sp³-hybridized carbons (Fsp3) is 0.250. The predicted molar refractivity (Wildman–Crippen MR) is 58.3 cm³/mol. The topological polar surface area (TPSA) is 43.1 Å². The lowest BCUT2D eigenvalue weighted by Gasteiger charge is -2.01. The van der Waals surface area contributed by atoms with Crippen molar-refractivity contribution >= 4 is 5.78 Å². The van der Waals surface area contributed by atoms with E-state index in [0.29, 0.717) is 17.7 Å². The molecule has 0 heterocycles. The van der Waals surface area contributed by atoms with Gasteiger partial charge in [-0.15, -0.1) is 0 Å². The van der Waals surface area contributed by atoms with Crippen LogP contribution in [0.25, 0.3) is 0 Å². The van der Waals surface area contributed by atoms with E-state index in [-0.39, 0.29) is 5.78 Å². The zero-order chi connectivity index (χ0) is 10.6. The zero-order valence-electron chi connectivity index (χ0n) is 8.42. The minimum atomic E-state index is 0.00398. The Balaban J connectivity index is 2.83. The lowest BCUT2D eigenvalue weighted by molar-refractivity contribution is 0.103. The number of allylic oxidation sites excluding steroid dienone is 1. The van der Waals surface area contributed by atoms with E-state index in [1.807, 2.05) is 24.3 Å². The van der Waals surface area contributed by atoms with Gasteiger partial charge in [-0.05, 0) is 31.0 Å². The number of Topliss-reactive ketones (excluding diaryl/α,β-unsaturated/α-hetero) is 1. The number of hydrogen-bond acceptors (Lipinski definition) is 2. The average molecular weight is 189 g/mol. The second kappa shape index (κ2) is 4.72. The van der Waals surface area contributed by atoms with Crippen molar-refractivity contribution in [2.75, 3.05) is 6.54 Å². The summed E-state index contributed by atoms with van der Waals surface area (Å²) >= 11 is 0. The third kappa shape index (κ3) is 2.54. The molecule has 0 saturated heterocycles. The summed E-state index contributed by atoms with van der Waals surface area (Å²) in [5.41, 5.74) is 7.84. The monoisotopic (exact) mass is 189 g/mol. The number of hydrogen-bond donors (Lipinski definition) is 1. The Morgan fingerprint density at radius 2 is 1.93 bits per heavy atom. The van der Waals surface area contributed by atoms with Gasteiger partial charge >= 0.3 is 0 Å². The Bertz CT molecular complexity index is 338. The summed E-state index contributed by atoms with van der Waals surface area (Å²) in [7, 11) is 0. The first-order valence-electron chi connectivity index (χ1n) is 4.64. The van der Waals surface area contributed by atoms with Crippen LogP contribution in [0.5, 0.6) is 0 Å². The van der Waals surface area contributed by atoms with E-state index in [4.69, 9.17) is 5.73 Å². The number of nitrogens with two attached hydrogens (primary N) is 1. The molecule has 2 heteroatoms. The second-order valence-corrected chi connectivity index (χ2v) is 3.35. The third-order valence-electron chi connectivity index (χ3n) is 2.04. The Kier molecular flexibility index (Phi) is 3.60. The van der Waals surface area contributed by atoms with E-state index in [2.05, 4.69) is 6.58 Å². The van der Waals surface area contributed by atoms with Crippen LogP contribution in [0, 0.1) is 0 Å². The summed E-state index contributed by atoms with van der Waals surface area (Å²) in [5.74, 6) is 0.00398. The standard InChI is InChI=1S/C12H15NO/c1-9(2)12(14)11-5-3-10(4-6-11)7-8-13/h3-6H,1,7-8,13H2,2H3. The molecule has 0 radical (unpaired) electrons. The lowest BCUT2D eigenvalue weighted by atomic mass is 10.0. The molecule has 0 aromatic heterocycles. The molecule has 0 spiro atoms. The molecule has 1 rings (SSSR count). The van der Waals surface area contributed by atoms with Crippen molar-refractivity contribution in [1.82, 2.24) is 0 Å². The molecule has 0 bridgehead atoms. The summed E-state index contributed by atoms with van der Waals surface area (Å²) in [5, 5.41) is 0. The van der Waals surface area contributed by atoms with Crippen LogP contribution >= 0.6 is 0 Å². The smallest absolute Gasteiger partial charge is 0.188 e. The molecule has 1 aromatic carbocycles. The van der Waals surface area contributed by atoms with Crippen LogP contribution in [0.1, 0.15) is 22.8 Å². The Morgan fingerprint density at radius 1 is 1.36 bits per heavy atom. The first-order valence-corrected chi connectivity index (χ1v) is 4.64. The van der Waals surface area contributed by atoms with Gasteiger partial charge in [0, 0.05) is 5.56 Å². The van der Waals surface area contributed by atoms with E-state index < -0.39 is 0 Å². The van der Waals surface area contributed by atoms with Gasteiger partial charge in [0.2, 0.25) is 0 Å². The fourth-order valence-electron chi connectivity index (χ4n) is 1.24. The quantitative estimate of drug-likeness (QED) is 0.581. The normalized spacial score (nSPS) is 9.86. The van der Waals surface area contributed by atoms with Crippen molar-refractivity contribution in [1.29, 1.82) is 0 Å². The highest BCUT2D eigenvalue weighted by atomic mass is 16.1. The largest absolute Gasteiger partial charge is 0.330 e. The number of benzene rings is 1. The number of ketones is 1. The van der Waals surface area contributed by atoms with Crippen molar-refractivity contribution in [3.8, 4) is 0 Å². The third-order valence-corrected chi connectivity index (χ3v) is 2.04. The highest BCUT2D eigenvalue weighted by Crippen LogP contribution is 2.08. The number of carbonyl (C=O) groups excluding carboxylic acids is 1. The molecule has 0 aliphatic heterocycles. The van der Waals surface area contributed by atoms with Gasteiger partial charge in [0.05, 0.1) is 0 Å². The summed E-state index contributed by atoms with van der Waals surface area (Å²) in [6.07, 6.45) is 0.849. The molecular formula is C12H15NO. The highest BCUT2D eigenvalue weighted by molar-refractivity contribution is 6.07. The summed E-state index contributed by atoms with van der Waals surface area (Å²) in [6.45, 7) is 5.97. The van der Waals surface area contributed by atoms with Gasteiger partial charge in [0.15, 0.2) is 5.78 Å². The van der Waals surface area contributed by atoms with Crippen molar-refractivity contribution < 1.29 is 4.79 Å². The Morgan fingerprint density at radius 3 is 2.36 bits per heavy atom. The van der Waals surface area contributed by atoms with Gasteiger partial charge in [0.25, 0.3) is 0 Å². The average Bonchev–Trinajstić information content (AvgIpc) is 2.18.